The van der Waals surface area contributed by atoms with Crippen molar-refractivity contribution in [2.45, 2.75) is 26.7 Å². The first-order valence-corrected chi connectivity index (χ1v) is 18.8. The van der Waals surface area contributed by atoms with Crippen LogP contribution >= 0.6 is 0 Å². The van der Waals surface area contributed by atoms with E-state index in [2.05, 4.69) is 10.6 Å². The van der Waals surface area contributed by atoms with Gasteiger partial charge >= 0.3 is 0 Å². The Kier molecular flexibility index (Phi) is 12.0. The van der Waals surface area contributed by atoms with Crippen molar-refractivity contribution in [3.05, 3.63) is 197 Å². The normalized spacial score (nSPS) is 14.2. The van der Waals surface area contributed by atoms with Crippen LogP contribution in [0.25, 0.3) is 0 Å². The Morgan fingerprint density at radius 1 is 0.433 bits per heavy atom. The van der Waals surface area contributed by atoms with E-state index in [1.54, 1.807) is 127 Å². The second kappa shape index (κ2) is 18.0. The number of ether oxygens (including phenoxy) is 4. The molecule has 0 heterocycles. The molecule has 298 valence electrons. The van der Waals surface area contributed by atoms with E-state index in [-0.39, 0.29) is 69.0 Å². The van der Waals surface area contributed by atoms with Crippen LogP contribution in [0.4, 0.5) is 11.4 Å². The molecule has 0 saturated heterocycles. The number of ketones is 4. The molecule has 0 spiro atoms. The molecule has 8 rings (SSSR count). The number of allylic oxidation sites excluding steroid dienone is 7. The van der Waals surface area contributed by atoms with E-state index >= 15 is 0 Å². The molecule has 2 amide bonds. The second-order valence-electron chi connectivity index (χ2n) is 13.4. The first-order valence-electron chi connectivity index (χ1n) is 18.8. The molecule has 0 aliphatic heterocycles. The van der Waals surface area contributed by atoms with Crippen LogP contribution in [-0.4, -0.2) is 34.9 Å². The minimum absolute atomic E-state index is 0.0737. The lowest BCUT2D eigenvalue weighted by molar-refractivity contribution is -0.115. The Morgan fingerprint density at radius 2 is 0.783 bits per heavy atom. The number of hydrogen-bond donors (Lipinski definition) is 2. The quantitative estimate of drug-likeness (QED) is 0.139. The van der Waals surface area contributed by atoms with Gasteiger partial charge < -0.3 is 29.6 Å². The summed E-state index contributed by atoms with van der Waals surface area (Å²) in [6.07, 6.45) is 7.42. The number of hydrogen-bond acceptors (Lipinski definition) is 10. The van der Waals surface area contributed by atoms with E-state index in [0.717, 1.165) is 12.8 Å². The van der Waals surface area contributed by atoms with Gasteiger partial charge in [0.05, 0.1) is 0 Å². The van der Waals surface area contributed by atoms with Crippen LogP contribution in [0.5, 0.6) is 17.2 Å². The van der Waals surface area contributed by atoms with Crippen molar-refractivity contribution in [2.24, 2.45) is 0 Å². The van der Waals surface area contributed by atoms with Gasteiger partial charge in [0, 0.05) is 47.5 Å². The number of Topliss-reactive ketones (excluding diaryl/α,β-unsaturated/α-hetero) is 4. The number of carbonyl (C=O) groups excluding carboxylic acids is 6. The summed E-state index contributed by atoms with van der Waals surface area (Å²) in [7, 11) is 0. The molecule has 3 aliphatic carbocycles. The number of amides is 2. The van der Waals surface area contributed by atoms with Gasteiger partial charge in [0.2, 0.25) is 58.0 Å². The second-order valence-corrected chi connectivity index (χ2v) is 13.4. The average molecular weight is 801 g/mol. The van der Waals surface area contributed by atoms with Crippen LogP contribution in [0.2, 0.25) is 0 Å². The number of fused-ring (bicyclic) bond motifs is 2. The molecule has 3 aliphatic rings. The lowest BCUT2D eigenvalue weighted by atomic mass is 9.92. The highest BCUT2D eigenvalue weighted by molar-refractivity contribution is 6.26. The van der Waals surface area contributed by atoms with Crippen molar-refractivity contribution in [1.82, 2.24) is 0 Å². The molecule has 5 aromatic rings. The van der Waals surface area contributed by atoms with Gasteiger partial charge in [-0.3, -0.25) is 28.8 Å². The van der Waals surface area contributed by atoms with E-state index in [4.69, 9.17) is 18.9 Å². The summed E-state index contributed by atoms with van der Waals surface area (Å²) >= 11 is 0. The number of anilines is 2. The van der Waals surface area contributed by atoms with E-state index in [0.29, 0.717) is 34.0 Å². The van der Waals surface area contributed by atoms with Crippen LogP contribution < -0.4 is 24.8 Å². The fourth-order valence-corrected chi connectivity index (χ4v) is 6.27. The Bertz CT molecular complexity index is 2550. The molecule has 0 unspecified atom stereocenters. The summed E-state index contributed by atoms with van der Waals surface area (Å²) in [5.74, 6) is -1.22. The average Bonchev–Trinajstić information content (AvgIpc) is 3.26. The number of rotatable bonds is 10. The van der Waals surface area contributed by atoms with E-state index in [1.165, 1.54) is 13.8 Å². The third kappa shape index (κ3) is 9.19. The first-order chi connectivity index (χ1) is 29.0. The zero-order valence-electron chi connectivity index (χ0n) is 32.4. The van der Waals surface area contributed by atoms with Gasteiger partial charge in [-0.2, -0.15) is 0 Å². The maximum Gasteiger partial charge on any atom is 0.233 e. The van der Waals surface area contributed by atoms with E-state index in [1.807, 2.05) is 18.2 Å². The molecule has 0 saturated carbocycles. The summed E-state index contributed by atoms with van der Waals surface area (Å²) in [6.45, 7) is 2.79. The highest BCUT2D eigenvalue weighted by Crippen LogP contribution is 2.33. The summed E-state index contributed by atoms with van der Waals surface area (Å²) in [5, 5.41) is 5.29. The number of nitrogens with one attached hydrogen (secondary N) is 2. The van der Waals surface area contributed by atoms with Crippen LogP contribution in [0.1, 0.15) is 68.1 Å². The molecular weight excluding hydrogens is 765 g/mol. The molecule has 60 heavy (non-hydrogen) atoms. The minimum atomic E-state index is -0.494. The van der Waals surface area contributed by atoms with Crippen LogP contribution in [-0.2, 0) is 14.3 Å². The summed E-state index contributed by atoms with van der Waals surface area (Å²) in [5.41, 5.74) is 2.19. The van der Waals surface area contributed by atoms with Crippen LogP contribution in [0.3, 0.4) is 0 Å². The molecule has 0 fully saturated rings. The highest BCUT2D eigenvalue weighted by Gasteiger charge is 2.37. The Hall–Kier alpha value is -8.12. The minimum Gasteiger partial charge on any atom is -0.449 e. The fraction of sp³-hybridized carbons (Fsp3) is 0.0833. The smallest absolute Gasteiger partial charge is 0.233 e. The first kappa shape index (κ1) is 40.1. The molecule has 12 heteroatoms. The molecular formula is C48H36N2O10. The van der Waals surface area contributed by atoms with Crippen molar-refractivity contribution in [3.63, 3.8) is 0 Å². The Morgan fingerprint density at radius 3 is 1.13 bits per heavy atom. The standard InChI is InChI=1S/C26H20N2O6.C22H16O4/c1-15(29)27-17-7-11-19(12-8-17)33-25-23(31)21-5-3-4-6-22(21)24(32)26(25)34-20-13-9-18(10-14-20)28-16(2)30;23-19-17-13-7-8-14-18(17)20(24)22(26-16-11-5-2-6-12-16)21(19)25-15-9-3-1-4-10-15/h3-14H,1-2H3,(H,27,29)(H,28,30);1,3-5,7-14H,2,6H2. The molecule has 0 atom stereocenters. The Balaban J connectivity index is 0.000000188. The molecule has 2 N–H and O–H groups in total. The van der Waals surface area contributed by atoms with Gasteiger partial charge in [0.25, 0.3) is 0 Å². The van der Waals surface area contributed by atoms with Crippen molar-refractivity contribution in [3.8, 4) is 17.2 Å². The van der Waals surface area contributed by atoms with E-state index in [9.17, 15) is 28.8 Å². The number of benzene rings is 5. The molecule has 0 bridgehead atoms. The van der Waals surface area contributed by atoms with Gasteiger partial charge in [0.15, 0.2) is 0 Å². The van der Waals surface area contributed by atoms with Crippen LogP contribution in [0, 0.1) is 0 Å². The predicted molar refractivity (Wildman–Crippen MR) is 222 cm³/mol. The summed E-state index contributed by atoms with van der Waals surface area (Å²) in [4.78, 5) is 74.9. The largest absolute Gasteiger partial charge is 0.449 e. The monoisotopic (exact) mass is 800 g/mol. The Labute approximate surface area is 344 Å². The van der Waals surface area contributed by atoms with Crippen LogP contribution in [0.15, 0.2) is 174 Å². The molecule has 5 aromatic carbocycles. The van der Waals surface area contributed by atoms with Crippen molar-refractivity contribution in [1.29, 1.82) is 0 Å². The summed E-state index contributed by atoms with van der Waals surface area (Å²) in [6, 6.07) is 34.7. The van der Waals surface area contributed by atoms with Crippen molar-refractivity contribution < 1.29 is 47.7 Å². The van der Waals surface area contributed by atoms with Crippen molar-refractivity contribution >= 4 is 46.3 Å². The number of para-hydroxylation sites is 1. The predicted octanol–water partition coefficient (Wildman–Crippen LogP) is 8.96. The van der Waals surface area contributed by atoms with E-state index < -0.39 is 11.6 Å². The lowest BCUT2D eigenvalue weighted by Gasteiger charge is -2.21. The molecule has 0 aromatic heterocycles. The van der Waals surface area contributed by atoms with Gasteiger partial charge in [-0.05, 0) is 85.7 Å². The molecule has 0 radical (unpaired) electrons. The zero-order chi connectivity index (χ0) is 42.2. The SMILES string of the molecule is CC(=O)Nc1ccc(OC2=C(Oc3ccc(NC(C)=O)cc3)C(=O)c3ccccc3C2=O)cc1.O=C1C(OC2=CCCC=C2)=C(Oc2ccccc2)C(=O)c2ccccc21. The topological polar surface area (TPSA) is 163 Å². The number of carbonyl (C=O) groups is 6. The third-order valence-electron chi connectivity index (χ3n) is 9.00. The summed E-state index contributed by atoms with van der Waals surface area (Å²) < 4.78 is 23.3. The highest BCUT2D eigenvalue weighted by atomic mass is 16.5. The van der Waals surface area contributed by atoms with Gasteiger partial charge in [0.1, 0.15) is 23.0 Å². The van der Waals surface area contributed by atoms with Gasteiger partial charge in [-0.15, -0.1) is 0 Å². The van der Waals surface area contributed by atoms with Gasteiger partial charge in [-0.25, -0.2) is 0 Å². The zero-order valence-corrected chi connectivity index (χ0v) is 32.4. The van der Waals surface area contributed by atoms with Gasteiger partial charge in [-0.1, -0.05) is 72.8 Å². The van der Waals surface area contributed by atoms with Crippen molar-refractivity contribution in [2.75, 3.05) is 10.6 Å². The lowest BCUT2D eigenvalue weighted by Crippen LogP contribution is -2.27. The maximum atomic E-state index is 13.2. The third-order valence-corrected chi connectivity index (χ3v) is 9.00. The molecule has 12 nitrogen and oxygen atoms in total. The maximum absolute atomic E-state index is 13.2. The fourth-order valence-electron chi connectivity index (χ4n) is 6.27.